The van der Waals surface area contributed by atoms with E-state index in [2.05, 4.69) is 4.98 Å². The van der Waals surface area contributed by atoms with Gasteiger partial charge in [0.05, 0.1) is 23.2 Å². The highest BCUT2D eigenvalue weighted by atomic mass is 16.3. The molecule has 27 heavy (non-hydrogen) atoms. The highest BCUT2D eigenvalue weighted by Gasteiger charge is 2.44. The van der Waals surface area contributed by atoms with E-state index >= 15 is 0 Å². The van der Waals surface area contributed by atoms with Crippen LogP contribution < -0.4 is 4.90 Å². The molecule has 1 aromatic heterocycles. The van der Waals surface area contributed by atoms with Crippen LogP contribution in [0.3, 0.4) is 0 Å². The summed E-state index contributed by atoms with van der Waals surface area (Å²) in [6.45, 7) is 3.81. The smallest absolute Gasteiger partial charge is 0.294 e. The number of aliphatic hydroxyl groups is 1. The van der Waals surface area contributed by atoms with Gasteiger partial charge in [-0.05, 0) is 41.8 Å². The summed E-state index contributed by atoms with van der Waals surface area (Å²) in [4.78, 5) is 31.1. The lowest BCUT2D eigenvalue weighted by atomic mass is 9.93. The Morgan fingerprint density at radius 3 is 2.56 bits per heavy atom. The van der Waals surface area contributed by atoms with Gasteiger partial charge in [0.25, 0.3) is 5.91 Å². The molecule has 0 saturated heterocycles. The van der Waals surface area contributed by atoms with E-state index in [1.165, 1.54) is 4.90 Å². The highest BCUT2D eigenvalue weighted by Crippen LogP contribution is 2.41. The third-order valence-corrected chi connectivity index (χ3v) is 4.38. The molecular formula is C21H19N3O3. The van der Waals surface area contributed by atoms with E-state index in [1.807, 2.05) is 19.9 Å². The Bertz CT molecular complexity index is 941. The molecule has 0 fully saturated rings. The zero-order chi connectivity index (χ0) is 19.6. The number of aromatic nitrogens is 1. The minimum atomic E-state index is -0.759. The SMILES string of the molecule is CC(C)CC(=O)C1=C(O)C(=O)N(c2ccc(C#N)cc2)C1c1cccnc1. The lowest BCUT2D eigenvalue weighted by Crippen LogP contribution is -2.31. The van der Waals surface area contributed by atoms with E-state index in [4.69, 9.17) is 5.26 Å². The highest BCUT2D eigenvalue weighted by molar-refractivity contribution is 6.16. The van der Waals surface area contributed by atoms with Crippen molar-refractivity contribution in [3.63, 3.8) is 0 Å². The summed E-state index contributed by atoms with van der Waals surface area (Å²) in [6, 6.07) is 11.2. The molecule has 1 N–H and O–H groups in total. The van der Waals surface area contributed by atoms with Crippen LogP contribution in [0, 0.1) is 17.2 Å². The van der Waals surface area contributed by atoms with E-state index in [1.54, 1.807) is 48.8 Å². The minimum Gasteiger partial charge on any atom is -0.503 e. The lowest BCUT2D eigenvalue weighted by molar-refractivity contribution is -0.118. The van der Waals surface area contributed by atoms with Crippen molar-refractivity contribution < 1.29 is 14.7 Å². The van der Waals surface area contributed by atoms with Gasteiger partial charge in [-0.3, -0.25) is 19.5 Å². The number of ketones is 1. The molecule has 1 aliphatic rings. The number of anilines is 1. The summed E-state index contributed by atoms with van der Waals surface area (Å²) in [7, 11) is 0. The quantitative estimate of drug-likeness (QED) is 0.880. The summed E-state index contributed by atoms with van der Waals surface area (Å²) < 4.78 is 0. The number of nitriles is 1. The van der Waals surface area contributed by atoms with Gasteiger partial charge in [-0.15, -0.1) is 0 Å². The number of carbonyl (C=O) groups is 2. The van der Waals surface area contributed by atoms with Crippen LogP contribution in [0.15, 0.2) is 60.1 Å². The maximum Gasteiger partial charge on any atom is 0.294 e. The Morgan fingerprint density at radius 1 is 1.30 bits per heavy atom. The third-order valence-electron chi connectivity index (χ3n) is 4.38. The summed E-state index contributed by atoms with van der Waals surface area (Å²) in [5, 5.41) is 19.5. The zero-order valence-corrected chi connectivity index (χ0v) is 15.1. The van der Waals surface area contributed by atoms with Gasteiger partial charge >= 0.3 is 0 Å². The lowest BCUT2D eigenvalue weighted by Gasteiger charge is -2.26. The second-order valence-electron chi connectivity index (χ2n) is 6.81. The standard InChI is InChI=1S/C21H19N3O3/c1-13(2)10-17(25)18-19(15-4-3-9-23-12-15)24(21(27)20(18)26)16-7-5-14(11-22)6-8-16/h3-9,12-13,19,26H,10H2,1-2H3. The molecule has 3 rings (SSSR count). The summed E-state index contributed by atoms with van der Waals surface area (Å²) in [5.41, 5.74) is 1.67. The van der Waals surface area contributed by atoms with Crippen LogP contribution in [0.1, 0.15) is 37.4 Å². The van der Waals surface area contributed by atoms with Crippen molar-refractivity contribution in [2.45, 2.75) is 26.3 Å². The molecular weight excluding hydrogens is 342 g/mol. The number of benzene rings is 1. The molecule has 1 atom stereocenters. The van der Waals surface area contributed by atoms with Gasteiger partial charge in [-0.2, -0.15) is 5.26 Å². The van der Waals surface area contributed by atoms with Gasteiger partial charge in [0, 0.05) is 24.5 Å². The predicted octanol–water partition coefficient (Wildman–Crippen LogP) is 3.47. The molecule has 0 radical (unpaired) electrons. The van der Waals surface area contributed by atoms with Crippen LogP contribution in [0.2, 0.25) is 0 Å². The number of carbonyl (C=O) groups excluding carboxylic acids is 2. The van der Waals surface area contributed by atoms with Crippen molar-refractivity contribution in [1.82, 2.24) is 4.98 Å². The molecule has 6 heteroatoms. The second kappa shape index (κ2) is 7.42. The first-order chi connectivity index (χ1) is 12.9. The molecule has 2 aromatic rings. The molecule has 1 amide bonds. The Hall–Kier alpha value is -3.46. The van der Waals surface area contributed by atoms with Crippen LogP contribution in [-0.2, 0) is 9.59 Å². The van der Waals surface area contributed by atoms with Crippen LogP contribution in [-0.4, -0.2) is 21.8 Å². The minimum absolute atomic E-state index is 0.0889. The number of nitrogens with zero attached hydrogens (tertiary/aromatic N) is 3. The maximum absolute atomic E-state index is 12.8. The molecule has 136 valence electrons. The molecule has 0 bridgehead atoms. The van der Waals surface area contributed by atoms with E-state index < -0.39 is 17.7 Å². The monoisotopic (exact) mass is 361 g/mol. The van der Waals surface area contributed by atoms with Gasteiger partial charge in [-0.25, -0.2) is 0 Å². The topological polar surface area (TPSA) is 94.3 Å². The number of aliphatic hydroxyl groups excluding tert-OH is 1. The van der Waals surface area contributed by atoms with Gasteiger partial charge in [0.15, 0.2) is 11.5 Å². The van der Waals surface area contributed by atoms with Crippen LogP contribution >= 0.6 is 0 Å². The fourth-order valence-corrected chi connectivity index (χ4v) is 3.19. The first-order valence-electron chi connectivity index (χ1n) is 8.64. The zero-order valence-electron chi connectivity index (χ0n) is 15.1. The number of hydrogen-bond acceptors (Lipinski definition) is 5. The molecule has 0 spiro atoms. The second-order valence-corrected chi connectivity index (χ2v) is 6.81. The normalized spacial score (nSPS) is 16.7. The molecule has 2 heterocycles. The molecule has 6 nitrogen and oxygen atoms in total. The van der Waals surface area contributed by atoms with E-state index in [9.17, 15) is 14.7 Å². The first kappa shape index (κ1) is 18.3. The van der Waals surface area contributed by atoms with E-state index in [0.29, 0.717) is 16.8 Å². The van der Waals surface area contributed by atoms with Gasteiger partial charge in [0.1, 0.15) is 0 Å². The predicted molar refractivity (Wildman–Crippen MR) is 99.7 cm³/mol. The van der Waals surface area contributed by atoms with Crippen molar-refractivity contribution in [2.75, 3.05) is 4.90 Å². The Labute approximate surface area is 157 Å². The van der Waals surface area contributed by atoms with Crippen molar-refractivity contribution >= 4 is 17.4 Å². The average molecular weight is 361 g/mol. The van der Waals surface area contributed by atoms with E-state index in [-0.39, 0.29) is 23.7 Å². The Balaban J connectivity index is 2.12. The maximum atomic E-state index is 12.8. The summed E-state index contributed by atoms with van der Waals surface area (Å²) in [5.74, 6) is -1.34. The largest absolute Gasteiger partial charge is 0.503 e. The van der Waals surface area contributed by atoms with Gasteiger partial charge in [0.2, 0.25) is 0 Å². The fourth-order valence-electron chi connectivity index (χ4n) is 3.19. The summed E-state index contributed by atoms with van der Waals surface area (Å²) in [6.07, 6.45) is 3.41. The number of pyridine rings is 1. The van der Waals surface area contributed by atoms with Crippen LogP contribution in [0.4, 0.5) is 5.69 Å². The number of amides is 1. The fraction of sp³-hybridized carbons (Fsp3) is 0.238. The summed E-state index contributed by atoms with van der Waals surface area (Å²) >= 11 is 0. The third kappa shape index (κ3) is 3.44. The van der Waals surface area contributed by atoms with Gasteiger partial charge in [-0.1, -0.05) is 19.9 Å². The molecule has 1 aliphatic heterocycles. The van der Waals surface area contributed by atoms with Crippen molar-refractivity contribution in [3.05, 3.63) is 71.3 Å². The van der Waals surface area contributed by atoms with Crippen LogP contribution in [0.5, 0.6) is 0 Å². The molecule has 1 unspecified atom stereocenters. The Kier molecular flexibility index (Phi) is 5.04. The van der Waals surface area contributed by atoms with Crippen molar-refractivity contribution in [1.29, 1.82) is 5.26 Å². The Morgan fingerprint density at radius 2 is 2.00 bits per heavy atom. The number of rotatable bonds is 5. The van der Waals surface area contributed by atoms with Gasteiger partial charge < -0.3 is 5.11 Å². The molecule has 0 aliphatic carbocycles. The van der Waals surface area contributed by atoms with E-state index in [0.717, 1.165) is 0 Å². The molecule has 0 saturated carbocycles. The first-order valence-corrected chi connectivity index (χ1v) is 8.64. The molecule has 1 aromatic carbocycles. The van der Waals surface area contributed by atoms with Crippen molar-refractivity contribution in [3.8, 4) is 6.07 Å². The van der Waals surface area contributed by atoms with Crippen LogP contribution in [0.25, 0.3) is 0 Å². The number of hydrogen-bond donors (Lipinski definition) is 1. The average Bonchev–Trinajstić information content (AvgIpc) is 2.93. The number of Topliss-reactive ketones (excluding diaryl/α,β-unsaturated/α-hetero) is 1. The van der Waals surface area contributed by atoms with Crippen molar-refractivity contribution in [2.24, 2.45) is 5.92 Å².